The van der Waals surface area contributed by atoms with Crippen molar-refractivity contribution in [1.82, 2.24) is 10.2 Å². The molecular weight excluding hydrogens is 264 g/mol. The number of amides is 1. The number of ether oxygens (including phenoxy) is 1. The molecular formula is C14H27ClN2O2. The molecule has 2 aliphatic heterocycles. The number of carbonyl (C=O) groups is 1. The van der Waals surface area contributed by atoms with Crippen molar-refractivity contribution in [1.29, 1.82) is 0 Å². The summed E-state index contributed by atoms with van der Waals surface area (Å²) in [5, 5.41) is 3.44. The number of hydrogen-bond donors (Lipinski definition) is 1. The lowest BCUT2D eigenvalue weighted by atomic mass is 10.1. The summed E-state index contributed by atoms with van der Waals surface area (Å²) in [7, 11) is 1.91. The first-order chi connectivity index (χ1) is 8.75. The average molecular weight is 291 g/mol. The molecule has 1 N–H and O–H groups in total. The van der Waals surface area contributed by atoms with Crippen LogP contribution in [-0.4, -0.2) is 49.7 Å². The number of halogens is 1. The highest BCUT2D eigenvalue weighted by atomic mass is 35.5. The zero-order chi connectivity index (χ0) is 12.8. The van der Waals surface area contributed by atoms with Gasteiger partial charge in [-0.1, -0.05) is 0 Å². The van der Waals surface area contributed by atoms with Crippen LogP contribution >= 0.6 is 12.4 Å². The van der Waals surface area contributed by atoms with Crippen molar-refractivity contribution in [2.24, 2.45) is 0 Å². The van der Waals surface area contributed by atoms with Crippen molar-refractivity contribution >= 4 is 18.3 Å². The lowest BCUT2D eigenvalue weighted by Gasteiger charge is -2.27. The van der Waals surface area contributed by atoms with Gasteiger partial charge in [-0.25, -0.2) is 0 Å². The van der Waals surface area contributed by atoms with E-state index in [1.165, 1.54) is 25.7 Å². The maximum absolute atomic E-state index is 12.0. The van der Waals surface area contributed by atoms with E-state index >= 15 is 0 Å². The van der Waals surface area contributed by atoms with E-state index < -0.39 is 0 Å². The Morgan fingerprint density at radius 2 is 2.16 bits per heavy atom. The van der Waals surface area contributed by atoms with Gasteiger partial charge in [-0.3, -0.25) is 4.79 Å². The molecule has 0 radical (unpaired) electrons. The van der Waals surface area contributed by atoms with Crippen LogP contribution in [0.4, 0.5) is 0 Å². The minimum absolute atomic E-state index is 0. The van der Waals surface area contributed by atoms with Crippen molar-refractivity contribution in [3.63, 3.8) is 0 Å². The van der Waals surface area contributed by atoms with E-state index in [1.54, 1.807) is 0 Å². The molecule has 2 aliphatic rings. The van der Waals surface area contributed by atoms with Gasteiger partial charge in [0.05, 0.1) is 6.10 Å². The third-order valence-corrected chi connectivity index (χ3v) is 4.05. The second kappa shape index (κ2) is 8.77. The minimum Gasteiger partial charge on any atom is -0.376 e. The predicted octanol–water partition coefficient (Wildman–Crippen LogP) is 1.97. The van der Waals surface area contributed by atoms with Gasteiger partial charge in [0.15, 0.2) is 0 Å². The van der Waals surface area contributed by atoms with Gasteiger partial charge in [0, 0.05) is 32.7 Å². The molecule has 19 heavy (non-hydrogen) atoms. The van der Waals surface area contributed by atoms with Gasteiger partial charge in [-0.05, 0) is 45.1 Å². The first kappa shape index (κ1) is 16.7. The van der Waals surface area contributed by atoms with Gasteiger partial charge in [0.2, 0.25) is 5.91 Å². The highest BCUT2D eigenvalue weighted by Gasteiger charge is 2.20. The smallest absolute Gasteiger partial charge is 0.222 e. The number of nitrogens with one attached hydrogen (secondary N) is 1. The third-order valence-electron chi connectivity index (χ3n) is 4.05. The zero-order valence-corrected chi connectivity index (χ0v) is 12.7. The second-order valence-electron chi connectivity index (χ2n) is 5.59. The van der Waals surface area contributed by atoms with Crippen LogP contribution in [0.15, 0.2) is 0 Å². The molecule has 2 saturated heterocycles. The summed E-state index contributed by atoms with van der Waals surface area (Å²) in [6.45, 7) is 2.74. The molecule has 0 aromatic carbocycles. The van der Waals surface area contributed by atoms with E-state index in [0.29, 0.717) is 12.5 Å². The summed E-state index contributed by atoms with van der Waals surface area (Å²) in [6.07, 6.45) is 7.89. The van der Waals surface area contributed by atoms with Crippen LogP contribution < -0.4 is 5.32 Å². The molecule has 112 valence electrons. The summed E-state index contributed by atoms with van der Waals surface area (Å²) in [5.41, 5.74) is 0. The molecule has 0 aromatic rings. The van der Waals surface area contributed by atoms with Crippen molar-refractivity contribution < 1.29 is 9.53 Å². The summed E-state index contributed by atoms with van der Waals surface area (Å²) in [6, 6.07) is 0.563. The largest absolute Gasteiger partial charge is 0.376 e. The van der Waals surface area contributed by atoms with Crippen LogP contribution in [-0.2, 0) is 9.53 Å². The van der Waals surface area contributed by atoms with Gasteiger partial charge in [0.1, 0.15) is 0 Å². The molecule has 0 aromatic heterocycles. The van der Waals surface area contributed by atoms with Crippen LogP contribution in [0.2, 0.25) is 0 Å². The summed E-state index contributed by atoms with van der Waals surface area (Å²) < 4.78 is 5.67. The molecule has 5 heteroatoms. The highest BCUT2D eigenvalue weighted by molar-refractivity contribution is 5.85. The van der Waals surface area contributed by atoms with Gasteiger partial charge in [-0.2, -0.15) is 0 Å². The average Bonchev–Trinajstić information content (AvgIpc) is 2.90. The highest BCUT2D eigenvalue weighted by Crippen LogP contribution is 2.15. The third kappa shape index (κ3) is 5.67. The van der Waals surface area contributed by atoms with Gasteiger partial charge in [-0.15, -0.1) is 12.4 Å². The molecule has 2 unspecified atom stereocenters. The number of nitrogens with zero attached hydrogens (tertiary/aromatic N) is 1. The first-order valence-corrected chi connectivity index (χ1v) is 7.34. The van der Waals surface area contributed by atoms with Crippen molar-refractivity contribution in [3.8, 4) is 0 Å². The van der Waals surface area contributed by atoms with Gasteiger partial charge < -0.3 is 15.0 Å². The molecule has 1 amide bonds. The number of rotatable bonds is 5. The molecule has 2 atom stereocenters. The summed E-state index contributed by atoms with van der Waals surface area (Å²) in [4.78, 5) is 13.9. The lowest BCUT2D eigenvalue weighted by molar-refractivity contribution is -0.132. The van der Waals surface area contributed by atoms with E-state index in [-0.39, 0.29) is 24.4 Å². The monoisotopic (exact) mass is 290 g/mol. The molecule has 0 bridgehead atoms. The van der Waals surface area contributed by atoms with E-state index in [0.717, 1.165) is 32.5 Å². The standard InChI is InChI=1S/C14H26N2O2.ClH/c1-16(11-13-6-2-3-10-18-13)14(17)8-7-12-5-4-9-15-12;/h12-13,15H,2-11H2,1H3;1H. The van der Waals surface area contributed by atoms with Gasteiger partial charge in [0.25, 0.3) is 0 Å². The Bertz CT molecular complexity index is 264. The van der Waals surface area contributed by atoms with E-state index in [2.05, 4.69) is 5.32 Å². The Labute approximate surface area is 122 Å². The van der Waals surface area contributed by atoms with Crippen LogP contribution in [0.1, 0.15) is 44.9 Å². The molecule has 0 saturated carbocycles. The maximum atomic E-state index is 12.0. The van der Waals surface area contributed by atoms with Crippen molar-refractivity contribution in [2.45, 2.75) is 57.1 Å². The van der Waals surface area contributed by atoms with E-state index in [4.69, 9.17) is 4.74 Å². The van der Waals surface area contributed by atoms with Crippen molar-refractivity contribution in [2.75, 3.05) is 26.7 Å². The van der Waals surface area contributed by atoms with Crippen molar-refractivity contribution in [3.05, 3.63) is 0 Å². The van der Waals surface area contributed by atoms with E-state index in [1.807, 2.05) is 11.9 Å². The van der Waals surface area contributed by atoms with E-state index in [9.17, 15) is 4.79 Å². The summed E-state index contributed by atoms with van der Waals surface area (Å²) >= 11 is 0. The quantitative estimate of drug-likeness (QED) is 0.842. The SMILES string of the molecule is CN(CC1CCCCO1)C(=O)CCC1CCCN1.Cl. The van der Waals surface area contributed by atoms with Crippen LogP contribution in [0, 0.1) is 0 Å². The second-order valence-corrected chi connectivity index (χ2v) is 5.59. The Balaban J connectivity index is 0.00000180. The minimum atomic E-state index is 0. The molecule has 4 nitrogen and oxygen atoms in total. The fraction of sp³-hybridized carbons (Fsp3) is 0.929. The normalized spacial score (nSPS) is 26.8. The van der Waals surface area contributed by atoms with Crippen LogP contribution in [0.25, 0.3) is 0 Å². The Kier molecular flexibility index (Phi) is 7.73. The number of carbonyl (C=O) groups excluding carboxylic acids is 1. The number of hydrogen-bond acceptors (Lipinski definition) is 3. The number of likely N-dealkylation sites (N-methyl/N-ethyl adjacent to an activating group) is 1. The fourth-order valence-corrected chi connectivity index (χ4v) is 2.85. The maximum Gasteiger partial charge on any atom is 0.222 e. The molecule has 2 fully saturated rings. The van der Waals surface area contributed by atoms with Crippen LogP contribution in [0.3, 0.4) is 0 Å². The summed E-state index contributed by atoms with van der Waals surface area (Å²) in [5.74, 6) is 0.262. The Morgan fingerprint density at radius 3 is 2.79 bits per heavy atom. The first-order valence-electron chi connectivity index (χ1n) is 7.34. The molecule has 2 heterocycles. The fourth-order valence-electron chi connectivity index (χ4n) is 2.85. The van der Waals surface area contributed by atoms with Gasteiger partial charge >= 0.3 is 0 Å². The van der Waals surface area contributed by atoms with Crippen LogP contribution in [0.5, 0.6) is 0 Å². The Morgan fingerprint density at radius 1 is 1.32 bits per heavy atom. The molecule has 0 aliphatic carbocycles. The molecule has 2 rings (SSSR count). The Hall–Kier alpha value is -0.320. The lowest BCUT2D eigenvalue weighted by Crippen LogP contribution is -2.37. The zero-order valence-electron chi connectivity index (χ0n) is 11.9. The topological polar surface area (TPSA) is 41.6 Å². The predicted molar refractivity (Wildman–Crippen MR) is 78.7 cm³/mol. The molecule has 0 spiro atoms.